The lowest BCUT2D eigenvalue weighted by atomic mass is 9.97. The lowest BCUT2D eigenvalue weighted by Crippen LogP contribution is -2.20. The Balaban J connectivity index is 2.20. The second kappa shape index (κ2) is 6.35. The molecular weight excluding hydrogens is 272 g/mol. The first-order chi connectivity index (χ1) is 9.95. The molecule has 0 saturated heterocycles. The summed E-state index contributed by atoms with van der Waals surface area (Å²) >= 11 is 0. The predicted molar refractivity (Wildman–Crippen MR) is 79.2 cm³/mol. The summed E-state index contributed by atoms with van der Waals surface area (Å²) in [4.78, 5) is 0. The zero-order valence-electron chi connectivity index (χ0n) is 12.9. The zero-order chi connectivity index (χ0) is 15.6. The number of nitrogens with one attached hydrogen (secondary N) is 1. The molecule has 0 spiro atoms. The first-order valence-electron chi connectivity index (χ1n) is 7.06. The Labute approximate surface area is 124 Å². The minimum atomic E-state index is -0.506. The van der Waals surface area contributed by atoms with Gasteiger partial charge in [-0.1, -0.05) is 6.07 Å². The minimum absolute atomic E-state index is 0.110. The molecule has 2 aromatic rings. The molecule has 1 atom stereocenters. The largest absolute Gasteiger partial charge is 0.313 e. The third-order valence-electron chi connectivity index (χ3n) is 4.04. The van der Waals surface area contributed by atoms with Crippen molar-refractivity contribution in [3.05, 3.63) is 52.3 Å². The summed E-state index contributed by atoms with van der Waals surface area (Å²) in [6, 6.07) is 3.62. The normalized spacial score (nSPS) is 12.7. The SMILES string of the molecule is CNC(CCc1c(C)nn(C)c1C)c1c(F)cccc1F. The van der Waals surface area contributed by atoms with Gasteiger partial charge in [-0.2, -0.15) is 5.10 Å². The van der Waals surface area contributed by atoms with Crippen LogP contribution in [0.4, 0.5) is 8.78 Å². The molecule has 0 saturated carbocycles. The van der Waals surface area contributed by atoms with E-state index < -0.39 is 11.6 Å². The number of nitrogens with zero attached hydrogens (tertiary/aromatic N) is 2. The van der Waals surface area contributed by atoms with Gasteiger partial charge in [-0.25, -0.2) is 8.78 Å². The van der Waals surface area contributed by atoms with Crippen LogP contribution in [0.3, 0.4) is 0 Å². The van der Waals surface area contributed by atoms with Crippen molar-refractivity contribution >= 4 is 0 Å². The van der Waals surface area contributed by atoms with Crippen LogP contribution >= 0.6 is 0 Å². The molecule has 3 nitrogen and oxygen atoms in total. The third-order valence-corrected chi connectivity index (χ3v) is 4.04. The Hall–Kier alpha value is -1.75. The van der Waals surface area contributed by atoms with Gasteiger partial charge < -0.3 is 5.32 Å². The molecule has 1 aromatic heterocycles. The molecule has 0 aliphatic rings. The molecule has 114 valence electrons. The van der Waals surface area contributed by atoms with E-state index >= 15 is 0 Å². The van der Waals surface area contributed by atoms with E-state index in [1.165, 1.54) is 18.2 Å². The number of benzene rings is 1. The highest BCUT2D eigenvalue weighted by Gasteiger charge is 2.20. The topological polar surface area (TPSA) is 29.9 Å². The summed E-state index contributed by atoms with van der Waals surface area (Å²) in [5.74, 6) is -1.01. The molecule has 0 fully saturated rings. The summed E-state index contributed by atoms with van der Waals surface area (Å²) in [7, 11) is 3.62. The highest BCUT2D eigenvalue weighted by Crippen LogP contribution is 2.26. The molecule has 1 aromatic carbocycles. The minimum Gasteiger partial charge on any atom is -0.313 e. The van der Waals surface area contributed by atoms with E-state index in [1.54, 1.807) is 7.05 Å². The van der Waals surface area contributed by atoms with Crippen molar-refractivity contribution in [3.63, 3.8) is 0 Å². The number of rotatable bonds is 5. The molecule has 0 amide bonds. The fourth-order valence-electron chi connectivity index (χ4n) is 2.74. The first-order valence-corrected chi connectivity index (χ1v) is 7.06. The second-order valence-electron chi connectivity index (χ2n) is 5.29. The lowest BCUT2D eigenvalue weighted by Gasteiger charge is -2.18. The summed E-state index contributed by atoms with van der Waals surface area (Å²) in [5, 5.41) is 7.38. The lowest BCUT2D eigenvalue weighted by molar-refractivity contribution is 0.471. The molecule has 2 rings (SSSR count). The molecule has 0 bridgehead atoms. The van der Waals surface area contributed by atoms with E-state index in [-0.39, 0.29) is 11.6 Å². The summed E-state index contributed by atoms with van der Waals surface area (Å²) < 4.78 is 29.6. The van der Waals surface area contributed by atoms with Gasteiger partial charge in [0.15, 0.2) is 0 Å². The Morgan fingerprint density at radius 3 is 2.33 bits per heavy atom. The molecule has 0 aliphatic heterocycles. The van der Waals surface area contributed by atoms with Crippen LogP contribution in [-0.2, 0) is 13.5 Å². The number of aromatic nitrogens is 2. The van der Waals surface area contributed by atoms with Crippen LogP contribution in [0, 0.1) is 25.5 Å². The number of hydrogen-bond acceptors (Lipinski definition) is 2. The van der Waals surface area contributed by atoms with Gasteiger partial charge in [0.2, 0.25) is 0 Å². The van der Waals surface area contributed by atoms with Gasteiger partial charge in [0, 0.05) is 24.3 Å². The molecule has 1 unspecified atom stereocenters. The molecule has 5 heteroatoms. The molecule has 1 heterocycles. The van der Waals surface area contributed by atoms with E-state index in [4.69, 9.17) is 0 Å². The summed E-state index contributed by atoms with van der Waals surface area (Å²) in [6.07, 6.45) is 1.34. The maximum Gasteiger partial charge on any atom is 0.130 e. The van der Waals surface area contributed by atoms with Crippen molar-refractivity contribution in [1.82, 2.24) is 15.1 Å². The van der Waals surface area contributed by atoms with Crippen molar-refractivity contribution in [1.29, 1.82) is 0 Å². The Morgan fingerprint density at radius 1 is 1.24 bits per heavy atom. The summed E-state index contributed by atoms with van der Waals surface area (Å²) in [6.45, 7) is 3.97. The predicted octanol–water partition coefficient (Wildman–Crippen LogP) is 3.21. The van der Waals surface area contributed by atoms with Crippen molar-refractivity contribution in [2.45, 2.75) is 32.7 Å². The zero-order valence-corrected chi connectivity index (χ0v) is 12.9. The number of hydrogen-bond donors (Lipinski definition) is 1. The van der Waals surface area contributed by atoms with E-state index in [0.29, 0.717) is 6.42 Å². The highest BCUT2D eigenvalue weighted by atomic mass is 19.1. The van der Waals surface area contributed by atoms with Crippen molar-refractivity contribution < 1.29 is 8.78 Å². The average molecular weight is 293 g/mol. The van der Waals surface area contributed by atoms with Gasteiger partial charge >= 0.3 is 0 Å². The monoisotopic (exact) mass is 293 g/mol. The Morgan fingerprint density at radius 2 is 1.86 bits per heavy atom. The average Bonchev–Trinajstić information content (AvgIpc) is 2.67. The standard InChI is InChI=1S/C16H21F2N3/c1-10-12(11(2)21(4)20-10)8-9-15(19-3)16-13(17)6-5-7-14(16)18/h5-7,15,19H,8-9H2,1-4H3. The van der Waals surface area contributed by atoms with Crippen LogP contribution in [0.5, 0.6) is 0 Å². The molecule has 0 radical (unpaired) electrons. The van der Waals surface area contributed by atoms with E-state index in [1.807, 2.05) is 25.6 Å². The van der Waals surface area contributed by atoms with Crippen LogP contribution in [0.2, 0.25) is 0 Å². The smallest absolute Gasteiger partial charge is 0.130 e. The van der Waals surface area contributed by atoms with Gasteiger partial charge in [-0.15, -0.1) is 0 Å². The fraction of sp³-hybridized carbons (Fsp3) is 0.438. The molecule has 0 aliphatic carbocycles. The maximum atomic E-state index is 13.9. The van der Waals surface area contributed by atoms with Gasteiger partial charge in [-0.3, -0.25) is 4.68 Å². The van der Waals surface area contributed by atoms with Crippen LogP contribution in [0.1, 0.15) is 35.0 Å². The van der Waals surface area contributed by atoms with Crippen molar-refractivity contribution in [2.24, 2.45) is 7.05 Å². The Bertz CT molecular complexity index is 614. The van der Waals surface area contributed by atoms with Crippen LogP contribution < -0.4 is 5.32 Å². The fourth-order valence-corrected chi connectivity index (χ4v) is 2.74. The van der Waals surface area contributed by atoms with Crippen molar-refractivity contribution in [2.75, 3.05) is 7.05 Å². The van der Waals surface area contributed by atoms with E-state index in [9.17, 15) is 8.78 Å². The molecule has 21 heavy (non-hydrogen) atoms. The van der Waals surface area contributed by atoms with Gasteiger partial charge in [0.25, 0.3) is 0 Å². The third kappa shape index (κ3) is 3.13. The van der Waals surface area contributed by atoms with Gasteiger partial charge in [0.1, 0.15) is 11.6 Å². The van der Waals surface area contributed by atoms with Crippen LogP contribution in [-0.4, -0.2) is 16.8 Å². The first kappa shape index (κ1) is 15.6. The number of aryl methyl sites for hydroxylation is 2. The van der Waals surface area contributed by atoms with Crippen LogP contribution in [0.25, 0.3) is 0 Å². The number of halogens is 2. The van der Waals surface area contributed by atoms with Crippen molar-refractivity contribution in [3.8, 4) is 0 Å². The van der Waals surface area contributed by atoms with Gasteiger partial charge in [-0.05, 0) is 51.4 Å². The molecule has 1 N–H and O–H groups in total. The Kier molecular flexibility index (Phi) is 4.73. The van der Waals surface area contributed by atoms with E-state index in [0.717, 1.165) is 23.4 Å². The summed E-state index contributed by atoms with van der Waals surface area (Å²) in [5.41, 5.74) is 3.32. The van der Waals surface area contributed by atoms with E-state index in [2.05, 4.69) is 10.4 Å². The van der Waals surface area contributed by atoms with Gasteiger partial charge in [0.05, 0.1) is 5.69 Å². The highest BCUT2D eigenvalue weighted by molar-refractivity contribution is 5.27. The van der Waals surface area contributed by atoms with Crippen LogP contribution in [0.15, 0.2) is 18.2 Å². The maximum absolute atomic E-state index is 13.9. The second-order valence-corrected chi connectivity index (χ2v) is 5.29. The quantitative estimate of drug-likeness (QED) is 0.917. The molecular formula is C16H21F2N3.